The van der Waals surface area contributed by atoms with Crippen molar-refractivity contribution in [1.29, 1.82) is 0 Å². The Kier molecular flexibility index (Phi) is 4.75. The normalized spacial score (nSPS) is 19.5. The molecule has 132 valence electrons. The molecule has 2 saturated heterocycles. The fraction of sp³-hybridized carbons (Fsp3) is 0.650. The first-order valence-electron chi connectivity index (χ1n) is 9.18. The summed E-state index contributed by atoms with van der Waals surface area (Å²) in [7, 11) is 1.75. The van der Waals surface area contributed by atoms with E-state index < -0.39 is 0 Å². The quantitative estimate of drug-likeness (QED) is 0.845. The molecule has 0 saturated carbocycles. The molecule has 2 aliphatic heterocycles. The second-order valence-electron chi connectivity index (χ2n) is 7.67. The van der Waals surface area contributed by atoms with Crippen molar-refractivity contribution >= 4 is 11.6 Å². The molecule has 0 aromatic heterocycles. The van der Waals surface area contributed by atoms with Gasteiger partial charge in [-0.05, 0) is 30.4 Å². The van der Waals surface area contributed by atoms with Gasteiger partial charge in [-0.3, -0.25) is 4.79 Å². The topological polar surface area (TPSA) is 32.8 Å². The van der Waals surface area contributed by atoms with Crippen molar-refractivity contribution < 1.29 is 9.53 Å². The zero-order chi connectivity index (χ0) is 17.3. The summed E-state index contributed by atoms with van der Waals surface area (Å²) in [5.41, 5.74) is 2.90. The van der Waals surface area contributed by atoms with Crippen LogP contribution >= 0.6 is 0 Å². The van der Waals surface area contributed by atoms with Crippen LogP contribution in [0.2, 0.25) is 0 Å². The highest BCUT2D eigenvalue weighted by Gasteiger charge is 2.46. The predicted octanol–water partition coefficient (Wildman–Crippen LogP) is 3.66. The second-order valence-corrected chi connectivity index (χ2v) is 7.67. The lowest BCUT2D eigenvalue weighted by Gasteiger charge is -2.54. The van der Waals surface area contributed by atoms with Gasteiger partial charge in [-0.15, -0.1) is 0 Å². The first-order valence-corrected chi connectivity index (χ1v) is 9.18. The van der Waals surface area contributed by atoms with Gasteiger partial charge in [-0.25, -0.2) is 0 Å². The Hall–Kier alpha value is -1.71. The largest absolute Gasteiger partial charge is 0.496 e. The number of rotatable bonds is 4. The molecular formula is C20H30N2O2. The first kappa shape index (κ1) is 17.1. The standard InChI is InChI=1S/C20H30N2O2/c1-5-19(23)22-13-20(14-22)8-10-21(11-9-20)16-6-7-17(15(2)3)18(12-16)24-4/h6-7,12,15H,5,8-11,13-14H2,1-4H3. The number of ether oxygens (including phenoxy) is 1. The van der Waals surface area contributed by atoms with Gasteiger partial charge in [0.1, 0.15) is 5.75 Å². The number of carbonyl (C=O) groups excluding carboxylic acids is 1. The summed E-state index contributed by atoms with van der Waals surface area (Å²) < 4.78 is 5.59. The number of amides is 1. The van der Waals surface area contributed by atoms with Crippen molar-refractivity contribution in [2.75, 3.05) is 38.2 Å². The third-order valence-corrected chi connectivity index (χ3v) is 5.74. The number of methoxy groups -OCH3 is 1. The Morgan fingerprint density at radius 3 is 2.46 bits per heavy atom. The fourth-order valence-corrected chi connectivity index (χ4v) is 4.09. The number of nitrogens with zero attached hydrogens (tertiary/aromatic N) is 2. The van der Waals surface area contributed by atoms with E-state index in [2.05, 4.69) is 36.9 Å². The van der Waals surface area contributed by atoms with Gasteiger partial charge in [0.05, 0.1) is 7.11 Å². The van der Waals surface area contributed by atoms with E-state index in [-0.39, 0.29) is 0 Å². The zero-order valence-electron chi connectivity index (χ0n) is 15.5. The number of piperidine rings is 1. The molecular weight excluding hydrogens is 300 g/mol. The molecule has 1 spiro atoms. The van der Waals surface area contributed by atoms with Crippen LogP contribution in [0.5, 0.6) is 5.75 Å². The Labute approximate surface area is 145 Å². The summed E-state index contributed by atoms with van der Waals surface area (Å²) >= 11 is 0. The molecule has 2 fully saturated rings. The van der Waals surface area contributed by atoms with Gasteiger partial charge in [0, 0.05) is 49.8 Å². The number of anilines is 1. The van der Waals surface area contributed by atoms with Crippen molar-refractivity contribution in [2.24, 2.45) is 5.41 Å². The molecule has 0 unspecified atom stereocenters. The zero-order valence-corrected chi connectivity index (χ0v) is 15.5. The van der Waals surface area contributed by atoms with Gasteiger partial charge in [0.2, 0.25) is 5.91 Å². The Morgan fingerprint density at radius 1 is 1.25 bits per heavy atom. The highest BCUT2D eigenvalue weighted by atomic mass is 16.5. The third-order valence-electron chi connectivity index (χ3n) is 5.74. The van der Waals surface area contributed by atoms with Gasteiger partial charge in [0.15, 0.2) is 0 Å². The second kappa shape index (κ2) is 6.66. The van der Waals surface area contributed by atoms with E-state index in [4.69, 9.17) is 4.74 Å². The van der Waals surface area contributed by atoms with Gasteiger partial charge >= 0.3 is 0 Å². The summed E-state index contributed by atoms with van der Waals surface area (Å²) in [5, 5.41) is 0. The van der Waals surface area contributed by atoms with Crippen molar-refractivity contribution in [3.63, 3.8) is 0 Å². The van der Waals surface area contributed by atoms with Crippen molar-refractivity contribution in [1.82, 2.24) is 4.90 Å². The average Bonchev–Trinajstić information content (AvgIpc) is 2.58. The molecule has 3 rings (SSSR count). The molecule has 0 aliphatic carbocycles. The molecule has 4 nitrogen and oxygen atoms in total. The monoisotopic (exact) mass is 330 g/mol. The van der Waals surface area contributed by atoms with Crippen LogP contribution in [0.4, 0.5) is 5.69 Å². The summed E-state index contributed by atoms with van der Waals surface area (Å²) in [6.45, 7) is 10.4. The average molecular weight is 330 g/mol. The molecule has 1 aromatic rings. The van der Waals surface area contributed by atoms with Crippen molar-refractivity contribution in [3.05, 3.63) is 23.8 Å². The van der Waals surface area contributed by atoms with Crippen molar-refractivity contribution in [2.45, 2.75) is 46.0 Å². The maximum absolute atomic E-state index is 11.8. The molecule has 0 radical (unpaired) electrons. The van der Waals surface area contributed by atoms with Gasteiger partial charge < -0.3 is 14.5 Å². The van der Waals surface area contributed by atoms with E-state index in [1.165, 1.54) is 24.1 Å². The first-order chi connectivity index (χ1) is 11.5. The Bertz CT molecular complexity index is 596. The molecule has 0 bridgehead atoms. The number of benzene rings is 1. The van der Waals surface area contributed by atoms with Crippen LogP contribution < -0.4 is 9.64 Å². The molecule has 2 heterocycles. The summed E-state index contributed by atoms with van der Waals surface area (Å²) in [6, 6.07) is 6.61. The van der Waals surface area contributed by atoms with E-state index in [0.717, 1.165) is 31.9 Å². The molecule has 2 aliphatic rings. The van der Waals surface area contributed by atoms with Crippen LogP contribution in [0.25, 0.3) is 0 Å². The minimum absolute atomic E-state index is 0.303. The summed E-state index contributed by atoms with van der Waals surface area (Å²) in [4.78, 5) is 16.2. The maximum Gasteiger partial charge on any atom is 0.222 e. The molecule has 0 atom stereocenters. The number of hydrogen-bond acceptors (Lipinski definition) is 3. The minimum Gasteiger partial charge on any atom is -0.496 e. The SMILES string of the molecule is CCC(=O)N1CC2(CCN(c3ccc(C(C)C)c(OC)c3)CC2)C1. The van der Waals surface area contributed by atoms with Crippen LogP contribution in [-0.4, -0.2) is 44.1 Å². The van der Waals surface area contributed by atoms with Gasteiger partial charge in [-0.1, -0.05) is 26.8 Å². The smallest absolute Gasteiger partial charge is 0.222 e. The third kappa shape index (κ3) is 3.11. The predicted molar refractivity (Wildman–Crippen MR) is 97.8 cm³/mol. The fourth-order valence-electron chi connectivity index (χ4n) is 4.09. The maximum atomic E-state index is 11.8. The number of likely N-dealkylation sites (tertiary alicyclic amines) is 1. The van der Waals surface area contributed by atoms with Crippen LogP contribution in [-0.2, 0) is 4.79 Å². The highest BCUT2D eigenvalue weighted by Crippen LogP contribution is 2.42. The van der Waals surface area contributed by atoms with Crippen LogP contribution in [0.15, 0.2) is 18.2 Å². The summed E-state index contributed by atoms with van der Waals surface area (Å²) in [5.74, 6) is 1.76. The van der Waals surface area contributed by atoms with Gasteiger partial charge in [0.25, 0.3) is 0 Å². The van der Waals surface area contributed by atoms with E-state index >= 15 is 0 Å². The Morgan fingerprint density at radius 2 is 1.92 bits per heavy atom. The molecule has 1 aromatic carbocycles. The van der Waals surface area contributed by atoms with E-state index in [0.29, 0.717) is 23.7 Å². The molecule has 0 N–H and O–H groups in total. The summed E-state index contributed by atoms with van der Waals surface area (Å²) in [6.07, 6.45) is 2.98. The van der Waals surface area contributed by atoms with Crippen LogP contribution in [0.3, 0.4) is 0 Å². The van der Waals surface area contributed by atoms with Crippen LogP contribution in [0.1, 0.15) is 51.5 Å². The van der Waals surface area contributed by atoms with Crippen molar-refractivity contribution in [3.8, 4) is 5.75 Å². The van der Waals surface area contributed by atoms with E-state index in [1.807, 2.05) is 11.8 Å². The lowest BCUT2D eigenvalue weighted by molar-refractivity contribution is -0.144. The van der Waals surface area contributed by atoms with E-state index in [9.17, 15) is 4.79 Å². The van der Waals surface area contributed by atoms with Gasteiger partial charge in [-0.2, -0.15) is 0 Å². The highest BCUT2D eigenvalue weighted by molar-refractivity contribution is 5.76. The molecule has 24 heavy (non-hydrogen) atoms. The van der Waals surface area contributed by atoms with E-state index in [1.54, 1.807) is 7.11 Å². The molecule has 4 heteroatoms. The lowest BCUT2D eigenvalue weighted by Crippen LogP contribution is -2.61. The Balaban J connectivity index is 1.62. The molecule has 1 amide bonds. The number of carbonyl (C=O) groups is 1. The minimum atomic E-state index is 0.303. The lowest BCUT2D eigenvalue weighted by atomic mass is 9.72. The number of hydrogen-bond donors (Lipinski definition) is 0. The van der Waals surface area contributed by atoms with Crippen LogP contribution in [0, 0.1) is 5.41 Å².